The van der Waals surface area contributed by atoms with Crippen molar-refractivity contribution in [2.24, 2.45) is 0 Å². The summed E-state index contributed by atoms with van der Waals surface area (Å²) >= 11 is 0. The van der Waals surface area contributed by atoms with Crippen LogP contribution >= 0.6 is 0 Å². The number of piperazine rings is 1. The lowest BCUT2D eigenvalue weighted by molar-refractivity contribution is 0.273. The Labute approximate surface area is 140 Å². The van der Waals surface area contributed by atoms with Crippen LogP contribution in [0.1, 0.15) is 13.3 Å². The molecule has 0 unspecified atom stereocenters. The fourth-order valence-electron chi connectivity index (χ4n) is 2.70. The van der Waals surface area contributed by atoms with E-state index >= 15 is 0 Å². The molecule has 1 aliphatic rings. The second-order valence-corrected chi connectivity index (χ2v) is 9.50. The Morgan fingerprint density at radius 2 is 1.71 bits per heavy atom. The van der Waals surface area contributed by atoms with Crippen molar-refractivity contribution in [3.63, 3.8) is 0 Å². The number of hydrogen-bond donors (Lipinski definition) is 0. The Balaban J connectivity index is 1.82. The normalized spacial score (nSPS) is 18.2. The maximum atomic E-state index is 12.8. The van der Waals surface area contributed by atoms with Crippen LogP contribution in [-0.2, 0) is 20.0 Å². The number of nitrogens with zero attached hydrogens (tertiary/aromatic N) is 4. The quantitative estimate of drug-likeness (QED) is 0.738. The van der Waals surface area contributed by atoms with Crippen LogP contribution in [0.15, 0.2) is 27.7 Å². The molecule has 3 rings (SSSR count). The second-order valence-electron chi connectivity index (χ2n) is 5.51. The first-order chi connectivity index (χ1) is 11.4. The van der Waals surface area contributed by atoms with Gasteiger partial charge in [0.15, 0.2) is 5.52 Å². The summed E-state index contributed by atoms with van der Waals surface area (Å²) in [7, 11) is -7.11. The highest BCUT2D eigenvalue weighted by Crippen LogP contribution is 2.24. The maximum absolute atomic E-state index is 12.8. The van der Waals surface area contributed by atoms with Crippen LogP contribution in [-0.4, -0.2) is 67.7 Å². The molecule has 2 aromatic rings. The Morgan fingerprint density at radius 1 is 1.04 bits per heavy atom. The summed E-state index contributed by atoms with van der Waals surface area (Å²) in [6.07, 6.45) is 0.530. The first-order valence-corrected chi connectivity index (χ1v) is 10.6. The monoisotopic (exact) mass is 374 g/mol. The van der Waals surface area contributed by atoms with E-state index in [1.165, 1.54) is 14.7 Å². The number of aromatic nitrogens is 2. The van der Waals surface area contributed by atoms with Crippen LogP contribution in [0, 0.1) is 0 Å². The van der Waals surface area contributed by atoms with Crippen molar-refractivity contribution in [3.05, 3.63) is 18.2 Å². The zero-order valence-electron chi connectivity index (χ0n) is 13.1. The van der Waals surface area contributed by atoms with E-state index in [9.17, 15) is 16.8 Å². The molecule has 0 aliphatic carbocycles. The molecule has 0 saturated carbocycles. The van der Waals surface area contributed by atoms with Gasteiger partial charge in [-0.2, -0.15) is 8.61 Å². The van der Waals surface area contributed by atoms with Crippen LogP contribution in [0.5, 0.6) is 0 Å². The molecule has 0 amide bonds. The van der Waals surface area contributed by atoms with Crippen molar-refractivity contribution in [2.75, 3.05) is 31.9 Å². The van der Waals surface area contributed by atoms with Crippen LogP contribution in [0.3, 0.4) is 0 Å². The van der Waals surface area contributed by atoms with Gasteiger partial charge in [-0.1, -0.05) is 13.0 Å². The van der Waals surface area contributed by atoms with Crippen molar-refractivity contribution in [1.29, 1.82) is 0 Å². The standard InChI is InChI=1S/C13H18N4O5S2/c1-2-10-23(18,19)16-6-8-17(9-7-16)24(20,21)12-5-3-4-11-13(12)15-22-14-11/h3-5H,2,6-10H2,1H3. The molecule has 11 heteroatoms. The number of rotatable bonds is 5. The van der Waals surface area contributed by atoms with Gasteiger partial charge in [-0.25, -0.2) is 21.5 Å². The molecule has 24 heavy (non-hydrogen) atoms. The molecule has 1 aromatic heterocycles. The van der Waals surface area contributed by atoms with E-state index in [0.717, 1.165) is 0 Å². The van der Waals surface area contributed by atoms with E-state index in [1.807, 2.05) is 0 Å². The third-order valence-electron chi connectivity index (χ3n) is 3.92. The fourth-order valence-corrected chi connectivity index (χ4v) is 5.76. The van der Waals surface area contributed by atoms with Gasteiger partial charge in [0.25, 0.3) is 0 Å². The van der Waals surface area contributed by atoms with E-state index in [1.54, 1.807) is 19.1 Å². The van der Waals surface area contributed by atoms with Gasteiger partial charge in [-0.3, -0.25) is 0 Å². The zero-order valence-corrected chi connectivity index (χ0v) is 14.8. The van der Waals surface area contributed by atoms with Crippen LogP contribution in [0.2, 0.25) is 0 Å². The molecule has 2 heterocycles. The molecule has 132 valence electrons. The first kappa shape index (κ1) is 17.3. The summed E-state index contributed by atoms with van der Waals surface area (Å²) in [5.74, 6) is 0.0731. The average molecular weight is 374 g/mol. The van der Waals surface area contributed by atoms with Gasteiger partial charge in [-0.05, 0) is 28.9 Å². The van der Waals surface area contributed by atoms with E-state index in [4.69, 9.17) is 0 Å². The van der Waals surface area contributed by atoms with Crippen LogP contribution in [0.4, 0.5) is 0 Å². The molecule has 1 saturated heterocycles. The summed E-state index contributed by atoms with van der Waals surface area (Å²) in [6.45, 7) is 2.30. The van der Waals surface area contributed by atoms with E-state index < -0.39 is 20.0 Å². The molecule has 0 atom stereocenters. The molecular formula is C13H18N4O5S2. The van der Waals surface area contributed by atoms with Gasteiger partial charge in [0.1, 0.15) is 10.4 Å². The first-order valence-electron chi connectivity index (χ1n) is 7.55. The lowest BCUT2D eigenvalue weighted by Crippen LogP contribution is -2.50. The van der Waals surface area contributed by atoms with Crippen molar-refractivity contribution >= 4 is 31.1 Å². The molecule has 1 aliphatic heterocycles. The summed E-state index contributed by atoms with van der Waals surface area (Å²) in [6, 6.07) is 4.63. The molecule has 9 nitrogen and oxygen atoms in total. The van der Waals surface area contributed by atoms with Gasteiger partial charge in [0.2, 0.25) is 20.0 Å². The zero-order chi connectivity index (χ0) is 17.4. The van der Waals surface area contributed by atoms with Gasteiger partial charge in [0.05, 0.1) is 5.75 Å². The summed E-state index contributed by atoms with van der Waals surface area (Å²) in [4.78, 5) is 0.0196. The van der Waals surface area contributed by atoms with E-state index in [0.29, 0.717) is 11.9 Å². The Bertz CT molecular complexity index is 930. The lowest BCUT2D eigenvalue weighted by Gasteiger charge is -2.33. The minimum Gasteiger partial charge on any atom is -0.243 e. The van der Waals surface area contributed by atoms with Crippen molar-refractivity contribution < 1.29 is 21.5 Å². The van der Waals surface area contributed by atoms with Crippen molar-refractivity contribution in [2.45, 2.75) is 18.2 Å². The van der Waals surface area contributed by atoms with Gasteiger partial charge in [-0.15, -0.1) is 0 Å². The molecule has 0 spiro atoms. The third kappa shape index (κ3) is 3.04. The van der Waals surface area contributed by atoms with Gasteiger partial charge >= 0.3 is 0 Å². The second kappa shape index (κ2) is 6.39. The maximum Gasteiger partial charge on any atom is 0.245 e. The highest BCUT2D eigenvalue weighted by molar-refractivity contribution is 7.89. The Morgan fingerprint density at radius 3 is 2.38 bits per heavy atom. The highest BCUT2D eigenvalue weighted by atomic mass is 32.2. The SMILES string of the molecule is CCCS(=O)(=O)N1CCN(S(=O)(=O)c2cccc3nonc23)CC1. The Hall–Kier alpha value is -1.56. The third-order valence-corrected chi connectivity index (χ3v) is 7.93. The predicted octanol–water partition coefficient (Wildman–Crippen LogP) is 0.269. The number of hydrogen-bond acceptors (Lipinski definition) is 7. The summed E-state index contributed by atoms with van der Waals surface area (Å²) < 4.78 is 57.0. The number of sulfonamides is 2. The van der Waals surface area contributed by atoms with E-state index in [-0.39, 0.29) is 42.3 Å². The lowest BCUT2D eigenvalue weighted by atomic mass is 10.3. The number of fused-ring (bicyclic) bond motifs is 1. The highest BCUT2D eigenvalue weighted by Gasteiger charge is 2.34. The molecule has 0 bridgehead atoms. The molecule has 1 aromatic carbocycles. The van der Waals surface area contributed by atoms with Gasteiger partial charge < -0.3 is 0 Å². The minimum absolute atomic E-state index is 0.0196. The van der Waals surface area contributed by atoms with Crippen molar-refractivity contribution in [1.82, 2.24) is 18.9 Å². The van der Waals surface area contributed by atoms with Crippen molar-refractivity contribution in [3.8, 4) is 0 Å². The largest absolute Gasteiger partial charge is 0.245 e. The number of benzene rings is 1. The molecular weight excluding hydrogens is 356 g/mol. The van der Waals surface area contributed by atoms with Crippen LogP contribution < -0.4 is 0 Å². The Kier molecular flexibility index (Phi) is 4.60. The van der Waals surface area contributed by atoms with E-state index in [2.05, 4.69) is 14.9 Å². The van der Waals surface area contributed by atoms with Gasteiger partial charge in [0, 0.05) is 26.2 Å². The fraction of sp³-hybridized carbons (Fsp3) is 0.538. The smallest absolute Gasteiger partial charge is 0.243 e. The average Bonchev–Trinajstić information content (AvgIpc) is 3.03. The molecule has 0 N–H and O–H groups in total. The molecule has 0 radical (unpaired) electrons. The summed E-state index contributed by atoms with van der Waals surface area (Å²) in [5, 5.41) is 7.31. The summed E-state index contributed by atoms with van der Waals surface area (Å²) in [5.41, 5.74) is 0.541. The molecule has 1 fully saturated rings. The topological polar surface area (TPSA) is 114 Å². The predicted molar refractivity (Wildman–Crippen MR) is 86.2 cm³/mol. The van der Waals surface area contributed by atoms with Crippen LogP contribution in [0.25, 0.3) is 11.0 Å². The minimum atomic E-state index is -3.79.